The summed E-state index contributed by atoms with van der Waals surface area (Å²) >= 11 is 0. The zero-order valence-corrected chi connectivity index (χ0v) is 13.5. The van der Waals surface area contributed by atoms with Gasteiger partial charge in [0.05, 0.1) is 18.3 Å². The molecule has 0 bridgehead atoms. The highest BCUT2D eigenvalue weighted by Crippen LogP contribution is 2.16. The van der Waals surface area contributed by atoms with Gasteiger partial charge in [0.2, 0.25) is 0 Å². The number of alkyl carbamates (subject to hydrolysis) is 1. The molecule has 24 heavy (non-hydrogen) atoms. The first-order chi connectivity index (χ1) is 11.6. The highest BCUT2D eigenvalue weighted by atomic mass is 16.6. The first kappa shape index (κ1) is 17.5. The third-order valence-corrected chi connectivity index (χ3v) is 3.20. The van der Waals surface area contributed by atoms with Crippen LogP contribution in [0.1, 0.15) is 23.1 Å². The fraction of sp³-hybridized carbons (Fsp3) is 0.294. The Labute approximate surface area is 140 Å². The van der Waals surface area contributed by atoms with Gasteiger partial charge in [-0.1, -0.05) is 42.2 Å². The average molecular weight is 329 g/mol. The van der Waals surface area contributed by atoms with Crippen molar-refractivity contribution >= 4 is 6.09 Å². The van der Waals surface area contributed by atoms with Crippen LogP contribution in [0.4, 0.5) is 4.79 Å². The van der Waals surface area contributed by atoms with Crippen LogP contribution < -0.4 is 5.32 Å². The molecule has 7 heteroatoms. The maximum absolute atomic E-state index is 11.6. The molecule has 2 rings (SSSR count). The SMILES string of the molecule is COC(O)c1c(C#CCNC(=O)OCc2ccccc2)cnn1C. The van der Waals surface area contributed by atoms with Gasteiger partial charge in [-0.25, -0.2) is 4.79 Å². The average Bonchev–Trinajstić information content (AvgIpc) is 2.97. The van der Waals surface area contributed by atoms with E-state index >= 15 is 0 Å². The van der Waals surface area contributed by atoms with E-state index < -0.39 is 12.4 Å². The quantitative estimate of drug-likeness (QED) is 0.638. The third-order valence-electron chi connectivity index (χ3n) is 3.20. The lowest BCUT2D eigenvalue weighted by molar-refractivity contribution is -0.0822. The predicted octanol–water partition coefficient (Wildman–Crippen LogP) is 1.34. The Morgan fingerprint density at radius 2 is 2.17 bits per heavy atom. The van der Waals surface area contributed by atoms with Gasteiger partial charge in [-0.2, -0.15) is 5.10 Å². The smallest absolute Gasteiger partial charge is 0.408 e. The van der Waals surface area contributed by atoms with E-state index in [1.165, 1.54) is 18.0 Å². The fourth-order valence-corrected chi connectivity index (χ4v) is 1.98. The van der Waals surface area contributed by atoms with Crippen LogP contribution in [0.15, 0.2) is 36.5 Å². The summed E-state index contributed by atoms with van der Waals surface area (Å²) in [7, 11) is 3.07. The molecule has 1 amide bonds. The summed E-state index contributed by atoms with van der Waals surface area (Å²) in [5.74, 6) is 5.62. The number of aliphatic hydroxyl groups excluding tert-OH is 1. The number of carbonyl (C=O) groups excluding carboxylic acids is 1. The summed E-state index contributed by atoms with van der Waals surface area (Å²) in [6.07, 6.45) is -0.125. The first-order valence-electron chi connectivity index (χ1n) is 7.28. The molecule has 2 aromatic rings. The van der Waals surface area contributed by atoms with E-state index in [1.807, 2.05) is 30.3 Å². The van der Waals surface area contributed by atoms with E-state index in [1.54, 1.807) is 7.05 Å². The second-order valence-electron chi connectivity index (χ2n) is 4.87. The van der Waals surface area contributed by atoms with E-state index in [-0.39, 0.29) is 13.2 Å². The Balaban J connectivity index is 1.82. The number of benzene rings is 1. The Morgan fingerprint density at radius 3 is 2.88 bits per heavy atom. The molecule has 1 atom stereocenters. The molecule has 0 radical (unpaired) electrons. The van der Waals surface area contributed by atoms with Crippen molar-refractivity contribution in [3.63, 3.8) is 0 Å². The lowest BCUT2D eigenvalue weighted by Gasteiger charge is -2.09. The van der Waals surface area contributed by atoms with Crippen molar-refractivity contribution in [2.75, 3.05) is 13.7 Å². The number of aromatic nitrogens is 2. The number of hydrogen-bond donors (Lipinski definition) is 2. The van der Waals surface area contributed by atoms with Gasteiger partial charge >= 0.3 is 6.09 Å². The molecule has 0 aliphatic heterocycles. The van der Waals surface area contributed by atoms with Gasteiger partial charge in [0, 0.05) is 14.2 Å². The van der Waals surface area contributed by atoms with E-state index in [0.29, 0.717) is 11.3 Å². The normalized spacial score (nSPS) is 11.3. The van der Waals surface area contributed by atoms with Crippen LogP contribution in [0, 0.1) is 11.8 Å². The van der Waals surface area contributed by atoms with Crippen LogP contribution in [0.25, 0.3) is 0 Å². The molecule has 0 fully saturated rings. The number of methoxy groups -OCH3 is 1. The number of amides is 1. The molecular formula is C17H19N3O4. The summed E-state index contributed by atoms with van der Waals surface area (Å²) in [6.45, 7) is 0.317. The summed E-state index contributed by atoms with van der Waals surface area (Å²) in [4.78, 5) is 11.6. The molecule has 1 aromatic heterocycles. The number of ether oxygens (including phenoxy) is 2. The van der Waals surface area contributed by atoms with Gasteiger partial charge in [-0.3, -0.25) is 4.68 Å². The molecular weight excluding hydrogens is 310 g/mol. The van der Waals surface area contributed by atoms with Crippen molar-refractivity contribution in [2.24, 2.45) is 7.05 Å². The fourth-order valence-electron chi connectivity index (χ4n) is 1.98. The molecule has 0 saturated heterocycles. The number of nitrogens with one attached hydrogen (secondary N) is 1. The highest BCUT2D eigenvalue weighted by molar-refractivity contribution is 5.67. The number of rotatable bonds is 5. The summed E-state index contributed by atoms with van der Waals surface area (Å²) in [5.41, 5.74) is 1.90. The summed E-state index contributed by atoms with van der Waals surface area (Å²) in [6, 6.07) is 9.40. The number of hydrogen-bond acceptors (Lipinski definition) is 5. The zero-order valence-electron chi connectivity index (χ0n) is 13.5. The minimum atomic E-state index is -1.11. The zero-order chi connectivity index (χ0) is 17.4. The van der Waals surface area contributed by atoms with Gasteiger partial charge in [0.1, 0.15) is 12.3 Å². The highest BCUT2D eigenvalue weighted by Gasteiger charge is 2.15. The molecule has 2 N–H and O–H groups in total. The molecule has 0 spiro atoms. The van der Waals surface area contributed by atoms with Gasteiger partial charge < -0.3 is 19.9 Å². The molecule has 0 aliphatic carbocycles. The number of aliphatic hydroxyl groups is 1. The Morgan fingerprint density at radius 1 is 1.42 bits per heavy atom. The van der Waals surface area contributed by atoms with Crippen molar-refractivity contribution < 1.29 is 19.4 Å². The van der Waals surface area contributed by atoms with Crippen LogP contribution in [-0.2, 0) is 23.1 Å². The minimum absolute atomic E-state index is 0.116. The second-order valence-corrected chi connectivity index (χ2v) is 4.87. The van der Waals surface area contributed by atoms with E-state index in [4.69, 9.17) is 9.47 Å². The summed E-state index contributed by atoms with van der Waals surface area (Å²) < 4.78 is 11.4. The van der Waals surface area contributed by atoms with E-state index in [0.717, 1.165) is 5.56 Å². The summed E-state index contributed by atoms with van der Waals surface area (Å²) in [5, 5.41) is 16.3. The second kappa shape index (κ2) is 8.72. The Bertz CT molecular complexity index is 731. The maximum atomic E-state index is 11.6. The first-order valence-corrected chi connectivity index (χ1v) is 7.28. The Hall–Kier alpha value is -2.82. The lowest BCUT2D eigenvalue weighted by atomic mass is 10.2. The lowest BCUT2D eigenvalue weighted by Crippen LogP contribution is -2.24. The number of aryl methyl sites for hydroxylation is 1. The molecule has 126 valence electrons. The minimum Gasteiger partial charge on any atom is -0.445 e. The van der Waals surface area contributed by atoms with Gasteiger partial charge in [0.15, 0.2) is 6.29 Å². The van der Waals surface area contributed by atoms with Crippen molar-refractivity contribution in [1.29, 1.82) is 0 Å². The number of carbonyl (C=O) groups is 1. The van der Waals surface area contributed by atoms with Crippen LogP contribution in [0.2, 0.25) is 0 Å². The standard InChI is InChI=1S/C17H19N3O4/c1-20-15(16(21)23-2)14(11-19-20)9-6-10-18-17(22)24-12-13-7-4-3-5-8-13/h3-5,7-8,11,16,21H,10,12H2,1-2H3,(H,18,22). The molecule has 0 aliphatic rings. The van der Waals surface area contributed by atoms with Crippen LogP contribution >= 0.6 is 0 Å². The van der Waals surface area contributed by atoms with Crippen molar-refractivity contribution in [2.45, 2.75) is 12.9 Å². The topological polar surface area (TPSA) is 85.6 Å². The molecule has 1 heterocycles. The Kier molecular flexibility index (Phi) is 6.37. The van der Waals surface area contributed by atoms with Crippen LogP contribution in [-0.4, -0.2) is 34.6 Å². The molecule has 7 nitrogen and oxygen atoms in total. The van der Waals surface area contributed by atoms with Crippen molar-refractivity contribution in [3.05, 3.63) is 53.3 Å². The van der Waals surface area contributed by atoms with Crippen LogP contribution in [0.5, 0.6) is 0 Å². The van der Waals surface area contributed by atoms with Gasteiger partial charge in [-0.15, -0.1) is 0 Å². The predicted molar refractivity (Wildman–Crippen MR) is 86.7 cm³/mol. The maximum Gasteiger partial charge on any atom is 0.408 e. The van der Waals surface area contributed by atoms with E-state index in [2.05, 4.69) is 22.3 Å². The van der Waals surface area contributed by atoms with Crippen LogP contribution in [0.3, 0.4) is 0 Å². The van der Waals surface area contributed by atoms with Gasteiger partial charge in [0.25, 0.3) is 0 Å². The molecule has 1 unspecified atom stereocenters. The number of nitrogens with zero attached hydrogens (tertiary/aromatic N) is 2. The van der Waals surface area contributed by atoms with Crippen molar-refractivity contribution in [3.8, 4) is 11.8 Å². The van der Waals surface area contributed by atoms with E-state index in [9.17, 15) is 9.90 Å². The third kappa shape index (κ3) is 4.84. The van der Waals surface area contributed by atoms with Gasteiger partial charge in [-0.05, 0) is 5.56 Å². The largest absolute Gasteiger partial charge is 0.445 e. The molecule has 0 saturated carbocycles. The van der Waals surface area contributed by atoms with Crippen molar-refractivity contribution in [1.82, 2.24) is 15.1 Å². The monoisotopic (exact) mass is 329 g/mol. The molecule has 1 aromatic carbocycles.